The molecule has 13 rings (SSSR count). The molecule has 326 valence electrons. The first-order valence-corrected chi connectivity index (χ1v) is 23.3. The minimum atomic E-state index is 0.213. The number of para-hydroxylation sites is 3. The lowest BCUT2D eigenvalue weighted by Crippen LogP contribution is -2.14. The number of terminal acetylenes is 1. The molecule has 0 bridgehead atoms. The molecule has 1 atom stereocenters. The normalized spacial score (nSPS) is 13.5. The number of aromatic nitrogens is 7. The van der Waals surface area contributed by atoms with Crippen LogP contribution in [-0.4, -0.2) is 33.2 Å². The molecule has 1 aliphatic rings. The van der Waals surface area contributed by atoms with E-state index in [1.807, 2.05) is 24.3 Å². The van der Waals surface area contributed by atoms with Gasteiger partial charge in [-0.3, -0.25) is 18.3 Å². The van der Waals surface area contributed by atoms with E-state index in [2.05, 4.69) is 219 Å². The smallest absolute Gasteiger partial charge is 0.241 e. The molecule has 0 aliphatic heterocycles. The maximum atomic E-state index is 5.97. The summed E-state index contributed by atoms with van der Waals surface area (Å²) in [5.41, 5.74) is 14.9. The average molecular weight is 886 g/mol. The maximum absolute atomic E-state index is 5.97. The third-order valence-corrected chi connectivity index (χ3v) is 13.7. The van der Waals surface area contributed by atoms with E-state index in [0.717, 1.165) is 89.6 Å². The molecule has 0 saturated heterocycles. The quantitative estimate of drug-likeness (QED) is 0.143. The Labute approximate surface area is 399 Å². The molecule has 7 nitrogen and oxygen atoms in total. The van der Waals surface area contributed by atoms with Crippen molar-refractivity contribution < 1.29 is 0 Å². The lowest BCUT2D eigenvalue weighted by molar-refractivity contribution is 0.776. The van der Waals surface area contributed by atoms with Crippen LogP contribution in [0, 0.1) is 19.3 Å². The summed E-state index contributed by atoms with van der Waals surface area (Å²) in [7, 11) is 0. The van der Waals surface area contributed by atoms with E-state index in [0.29, 0.717) is 17.7 Å². The van der Waals surface area contributed by atoms with Gasteiger partial charge in [0.05, 0.1) is 11.0 Å². The summed E-state index contributed by atoms with van der Waals surface area (Å²) in [6.07, 6.45) is 15.3. The number of allylic oxidation sites excluding steroid dienone is 2. The second-order valence-electron chi connectivity index (χ2n) is 17.6. The number of fused-ring (bicyclic) bond motifs is 8. The lowest BCUT2D eigenvalue weighted by atomic mass is 9.87. The van der Waals surface area contributed by atoms with Crippen LogP contribution in [0.4, 0.5) is 0 Å². The molecule has 0 N–H and O–H groups in total. The standard InChI is InChI=1S/C62H43N7/c1-3-4-32-49-41(2)66(59-56(49)51-37-35-45(42-22-10-5-11-23-42)39-54(51)67(59)47-28-16-8-17-29-47)61-63-58(44-26-14-7-15-27-44)64-62(65-61)69-53-34-21-20-33-50(53)57-52-38-36-46(43-24-12-6-13-25-43)40-55(52)68(60(57)69)48-30-18-9-19-31-48/h1,4-39,46H,40H2,2H3/b32-4-. The van der Waals surface area contributed by atoms with Crippen LogP contribution in [-0.2, 0) is 6.42 Å². The third kappa shape index (κ3) is 6.41. The molecule has 7 heteroatoms. The second-order valence-corrected chi connectivity index (χ2v) is 17.6. The summed E-state index contributed by atoms with van der Waals surface area (Å²) in [6.45, 7) is 2.13. The molecule has 7 aromatic carbocycles. The van der Waals surface area contributed by atoms with E-state index in [1.165, 1.54) is 16.8 Å². The van der Waals surface area contributed by atoms with Crippen LogP contribution in [0.1, 0.15) is 34.0 Å². The van der Waals surface area contributed by atoms with Gasteiger partial charge in [0.25, 0.3) is 0 Å². The number of nitrogens with zero attached hydrogens (tertiary/aromatic N) is 7. The van der Waals surface area contributed by atoms with Crippen LogP contribution in [0.3, 0.4) is 0 Å². The van der Waals surface area contributed by atoms with Gasteiger partial charge in [0.1, 0.15) is 11.3 Å². The zero-order valence-corrected chi connectivity index (χ0v) is 37.8. The lowest BCUT2D eigenvalue weighted by Gasteiger charge is -2.21. The average Bonchev–Trinajstić information content (AvgIpc) is 4.12. The van der Waals surface area contributed by atoms with Crippen molar-refractivity contribution in [3.05, 3.63) is 234 Å². The Kier molecular flexibility index (Phi) is 9.44. The molecule has 5 heterocycles. The number of hydrogen-bond acceptors (Lipinski definition) is 3. The van der Waals surface area contributed by atoms with Gasteiger partial charge >= 0.3 is 0 Å². The third-order valence-electron chi connectivity index (χ3n) is 13.7. The van der Waals surface area contributed by atoms with Gasteiger partial charge < -0.3 is 0 Å². The fourth-order valence-corrected chi connectivity index (χ4v) is 10.7. The predicted molar refractivity (Wildman–Crippen MR) is 283 cm³/mol. The summed E-state index contributed by atoms with van der Waals surface area (Å²) in [5.74, 6) is 4.54. The molecule has 5 aromatic heterocycles. The van der Waals surface area contributed by atoms with E-state index >= 15 is 0 Å². The highest BCUT2D eigenvalue weighted by molar-refractivity contribution is 6.15. The van der Waals surface area contributed by atoms with Crippen molar-refractivity contribution in [2.24, 2.45) is 0 Å². The van der Waals surface area contributed by atoms with Crippen molar-refractivity contribution in [1.82, 2.24) is 33.2 Å². The van der Waals surface area contributed by atoms with E-state index < -0.39 is 0 Å². The molecule has 1 aliphatic carbocycles. The van der Waals surface area contributed by atoms with Gasteiger partial charge in [0.2, 0.25) is 11.9 Å². The highest BCUT2D eigenvalue weighted by atomic mass is 15.3. The molecule has 12 aromatic rings. The van der Waals surface area contributed by atoms with Crippen LogP contribution >= 0.6 is 0 Å². The Hall–Kier alpha value is -9.25. The Morgan fingerprint density at radius 2 is 1.12 bits per heavy atom. The van der Waals surface area contributed by atoms with E-state index in [9.17, 15) is 0 Å². The molecule has 0 spiro atoms. The van der Waals surface area contributed by atoms with Gasteiger partial charge in [-0.05, 0) is 78.6 Å². The second kappa shape index (κ2) is 16.3. The first-order valence-electron chi connectivity index (χ1n) is 23.3. The summed E-state index contributed by atoms with van der Waals surface area (Å²) in [6, 6.07) is 68.2. The number of rotatable bonds is 8. The van der Waals surface area contributed by atoms with Crippen LogP contribution in [0.2, 0.25) is 0 Å². The Morgan fingerprint density at radius 3 is 1.81 bits per heavy atom. The summed E-state index contributed by atoms with van der Waals surface area (Å²) >= 11 is 0. The van der Waals surface area contributed by atoms with Gasteiger partial charge in [-0.15, -0.1) is 6.42 Å². The van der Waals surface area contributed by atoms with Crippen LogP contribution in [0.25, 0.3) is 102 Å². The van der Waals surface area contributed by atoms with Crippen LogP contribution in [0.15, 0.2) is 206 Å². The van der Waals surface area contributed by atoms with E-state index in [-0.39, 0.29) is 5.92 Å². The first-order chi connectivity index (χ1) is 34.1. The van der Waals surface area contributed by atoms with Crippen molar-refractivity contribution in [2.45, 2.75) is 19.3 Å². The molecule has 0 radical (unpaired) electrons. The molecule has 69 heavy (non-hydrogen) atoms. The highest BCUT2D eigenvalue weighted by Crippen LogP contribution is 2.45. The Bertz CT molecular complexity index is 4030. The van der Waals surface area contributed by atoms with E-state index in [4.69, 9.17) is 21.4 Å². The summed E-state index contributed by atoms with van der Waals surface area (Å²) < 4.78 is 9.24. The van der Waals surface area contributed by atoms with E-state index in [1.54, 1.807) is 6.08 Å². The largest absolute Gasteiger partial charge is 0.299 e. The predicted octanol–water partition coefficient (Wildman–Crippen LogP) is 14.3. The Balaban J connectivity index is 1.15. The van der Waals surface area contributed by atoms with Crippen molar-refractivity contribution in [3.8, 4) is 58.1 Å². The summed E-state index contributed by atoms with van der Waals surface area (Å²) in [4.78, 5) is 16.5. The van der Waals surface area contributed by atoms with Crippen molar-refractivity contribution in [1.29, 1.82) is 0 Å². The van der Waals surface area contributed by atoms with Gasteiger partial charge in [0, 0.05) is 66.9 Å². The van der Waals surface area contributed by atoms with Gasteiger partial charge in [-0.25, -0.2) is 0 Å². The van der Waals surface area contributed by atoms with Gasteiger partial charge in [-0.2, -0.15) is 15.0 Å². The zero-order valence-electron chi connectivity index (χ0n) is 37.8. The monoisotopic (exact) mass is 885 g/mol. The molecule has 0 saturated carbocycles. The minimum Gasteiger partial charge on any atom is -0.299 e. The molecule has 1 unspecified atom stereocenters. The van der Waals surface area contributed by atoms with Crippen molar-refractivity contribution in [2.75, 3.05) is 0 Å². The number of benzene rings is 7. The molecule has 0 amide bonds. The zero-order chi connectivity index (χ0) is 46.0. The fourth-order valence-electron chi connectivity index (χ4n) is 10.7. The van der Waals surface area contributed by atoms with Crippen molar-refractivity contribution >= 4 is 56.0 Å². The fraction of sp³-hybridized carbons (Fsp3) is 0.0484. The van der Waals surface area contributed by atoms with Crippen LogP contribution in [0.5, 0.6) is 0 Å². The molecule has 0 fully saturated rings. The maximum Gasteiger partial charge on any atom is 0.241 e. The van der Waals surface area contributed by atoms with Gasteiger partial charge in [-0.1, -0.05) is 176 Å². The highest BCUT2D eigenvalue weighted by Gasteiger charge is 2.31. The van der Waals surface area contributed by atoms with Crippen LogP contribution < -0.4 is 0 Å². The Morgan fingerprint density at radius 1 is 0.536 bits per heavy atom. The minimum absolute atomic E-state index is 0.213. The first kappa shape index (κ1) is 40.1. The topological polar surface area (TPSA) is 58.4 Å². The van der Waals surface area contributed by atoms with Crippen molar-refractivity contribution in [3.63, 3.8) is 0 Å². The SMILES string of the molecule is C#C/C=C\c1c(C)n(-c2nc(-c3ccccc3)nc(-n3c4ccccc4c4c5c(n(-c6ccccc6)c43)CC(c3ccccc3)C=C5)n2)c2c1c1ccc(-c3ccccc3)cc1n2-c1ccccc1. The summed E-state index contributed by atoms with van der Waals surface area (Å²) in [5, 5.41) is 4.44. The van der Waals surface area contributed by atoms with Gasteiger partial charge in [0.15, 0.2) is 5.82 Å². The number of hydrogen-bond donors (Lipinski definition) is 0. The molecular formula is C62H43N7. The molecular weight excluding hydrogens is 843 g/mol.